The Morgan fingerprint density at radius 1 is 1.00 bits per heavy atom. The Bertz CT molecular complexity index is 838. The number of hydrogen-bond acceptors (Lipinski definition) is 4. The fourth-order valence-electron chi connectivity index (χ4n) is 4.59. The summed E-state index contributed by atoms with van der Waals surface area (Å²) >= 11 is 0. The van der Waals surface area contributed by atoms with Gasteiger partial charge in [-0.2, -0.15) is 0 Å². The fraction of sp³-hybridized carbons (Fsp3) is 0.500. The van der Waals surface area contributed by atoms with Crippen molar-refractivity contribution >= 4 is 5.91 Å². The number of amides is 1. The Hall–Kier alpha value is -2.37. The number of nitrogens with zero attached hydrogens (tertiary/aromatic N) is 2. The number of likely N-dealkylation sites (tertiary alicyclic amines) is 1. The molecule has 31 heavy (non-hydrogen) atoms. The van der Waals surface area contributed by atoms with Gasteiger partial charge in [0.05, 0.1) is 19.8 Å². The van der Waals surface area contributed by atoms with E-state index in [0.29, 0.717) is 38.8 Å². The van der Waals surface area contributed by atoms with E-state index in [0.717, 1.165) is 37.4 Å². The van der Waals surface area contributed by atoms with Gasteiger partial charge in [0.25, 0.3) is 5.91 Å². The average Bonchev–Trinajstić information content (AvgIpc) is 2.82. The fourth-order valence-corrected chi connectivity index (χ4v) is 4.59. The minimum absolute atomic E-state index is 0.121. The number of ether oxygens (including phenoxy) is 2. The molecule has 4 rings (SSSR count). The zero-order chi connectivity index (χ0) is 21.5. The Morgan fingerprint density at radius 3 is 2.42 bits per heavy atom. The molecule has 166 valence electrons. The standard InChI is InChI=1S/C26H34N2O3/c1-2-31-25-6-4-3-5-24(25)20-27-13-11-22(12-14-27)19-21-7-9-23(10-8-21)26(29)28-15-17-30-18-16-28/h3-10,22H,2,11-20H2,1H3. The van der Waals surface area contributed by atoms with Gasteiger partial charge in [0, 0.05) is 30.8 Å². The van der Waals surface area contributed by atoms with Gasteiger partial charge in [0.15, 0.2) is 0 Å². The van der Waals surface area contributed by atoms with Crippen LogP contribution < -0.4 is 4.74 Å². The Kier molecular flexibility index (Phi) is 7.60. The lowest BCUT2D eigenvalue weighted by Gasteiger charge is -2.32. The average molecular weight is 423 g/mol. The van der Waals surface area contributed by atoms with Crippen LogP contribution in [0.15, 0.2) is 48.5 Å². The topological polar surface area (TPSA) is 42.0 Å². The molecule has 2 fully saturated rings. The van der Waals surface area contributed by atoms with Crippen molar-refractivity contribution in [3.8, 4) is 5.75 Å². The number of benzene rings is 2. The number of carbonyl (C=O) groups is 1. The molecule has 1 amide bonds. The van der Waals surface area contributed by atoms with E-state index >= 15 is 0 Å². The van der Waals surface area contributed by atoms with Gasteiger partial charge >= 0.3 is 0 Å². The highest BCUT2D eigenvalue weighted by molar-refractivity contribution is 5.94. The summed E-state index contributed by atoms with van der Waals surface area (Å²) in [6.45, 7) is 8.60. The van der Waals surface area contributed by atoms with Crippen molar-refractivity contribution in [3.63, 3.8) is 0 Å². The van der Waals surface area contributed by atoms with E-state index in [1.807, 2.05) is 30.0 Å². The molecule has 0 unspecified atom stereocenters. The summed E-state index contributed by atoms with van der Waals surface area (Å²) in [5, 5.41) is 0. The van der Waals surface area contributed by atoms with E-state index in [1.165, 1.54) is 24.0 Å². The second-order valence-electron chi connectivity index (χ2n) is 8.57. The maximum atomic E-state index is 12.6. The third-order valence-corrected chi connectivity index (χ3v) is 6.40. The molecule has 0 aliphatic carbocycles. The molecule has 2 aromatic rings. The third-order valence-electron chi connectivity index (χ3n) is 6.40. The molecule has 5 nitrogen and oxygen atoms in total. The van der Waals surface area contributed by atoms with E-state index < -0.39 is 0 Å². The highest BCUT2D eigenvalue weighted by atomic mass is 16.5. The molecule has 0 atom stereocenters. The quantitative estimate of drug-likeness (QED) is 0.676. The number of para-hydroxylation sites is 1. The minimum atomic E-state index is 0.121. The van der Waals surface area contributed by atoms with Crippen LogP contribution in [0.25, 0.3) is 0 Å². The van der Waals surface area contributed by atoms with Crippen LogP contribution in [0.4, 0.5) is 0 Å². The lowest BCUT2D eigenvalue weighted by atomic mass is 9.89. The maximum Gasteiger partial charge on any atom is 0.254 e. The number of piperidine rings is 1. The molecule has 2 heterocycles. The van der Waals surface area contributed by atoms with E-state index in [4.69, 9.17) is 9.47 Å². The first-order valence-electron chi connectivity index (χ1n) is 11.6. The highest BCUT2D eigenvalue weighted by Crippen LogP contribution is 2.26. The van der Waals surface area contributed by atoms with Crippen LogP contribution in [-0.4, -0.2) is 61.7 Å². The SMILES string of the molecule is CCOc1ccccc1CN1CCC(Cc2ccc(C(=O)N3CCOCC3)cc2)CC1. The Labute approximate surface area is 185 Å². The second kappa shape index (κ2) is 10.8. The summed E-state index contributed by atoms with van der Waals surface area (Å²) in [7, 11) is 0. The first kappa shape index (κ1) is 21.8. The van der Waals surface area contributed by atoms with E-state index in [2.05, 4.69) is 35.2 Å². The van der Waals surface area contributed by atoms with Gasteiger partial charge in [-0.25, -0.2) is 0 Å². The number of morpholine rings is 1. The lowest BCUT2D eigenvalue weighted by molar-refractivity contribution is 0.0303. The zero-order valence-corrected chi connectivity index (χ0v) is 18.6. The zero-order valence-electron chi connectivity index (χ0n) is 18.6. The maximum absolute atomic E-state index is 12.6. The van der Waals surface area contributed by atoms with Crippen molar-refractivity contribution in [1.82, 2.24) is 9.80 Å². The van der Waals surface area contributed by atoms with Gasteiger partial charge in [-0.3, -0.25) is 9.69 Å². The van der Waals surface area contributed by atoms with Crippen molar-refractivity contribution < 1.29 is 14.3 Å². The largest absolute Gasteiger partial charge is 0.494 e. The van der Waals surface area contributed by atoms with Crippen LogP contribution in [0.5, 0.6) is 5.75 Å². The van der Waals surface area contributed by atoms with E-state index in [-0.39, 0.29) is 5.91 Å². The molecule has 0 bridgehead atoms. The Morgan fingerprint density at radius 2 is 1.71 bits per heavy atom. The van der Waals surface area contributed by atoms with Crippen LogP contribution in [-0.2, 0) is 17.7 Å². The lowest BCUT2D eigenvalue weighted by Crippen LogP contribution is -2.40. The molecule has 0 N–H and O–H groups in total. The Balaban J connectivity index is 1.26. The summed E-state index contributed by atoms with van der Waals surface area (Å²) in [5.41, 5.74) is 3.40. The molecule has 0 spiro atoms. The molecule has 0 radical (unpaired) electrons. The molecular weight excluding hydrogens is 388 g/mol. The van der Waals surface area contributed by atoms with Crippen LogP contribution in [0.1, 0.15) is 41.3 Å². The summed E-state index contributed by atoms with van der Waals surface area (Å²) in [6, 6.07) is 16.6. The highest BCUT2D eigenvalue weighted by Gasteiger charge is 2.21. The van der Waals surface area contributed by atoms with Crippen LogP contribution >= 0.6 is 0 Å². The summed E-state index contributed by atoms with van der Waals surface area (Å²) in [6.07, 6.45) is 3.52. The predicted octanol–water partition coefficient (Wildman–Crippen LogP) is 4.01. The van der Waals surface area contributed by atoms with Gasteiger partial charge in [0.1, 0.15) is 5.75 Å². The smallest absolute Gasteiger partial charge is 0.254 e. The van der Waals surface area contributed by atoms with Crippen LogP contribution in [0.2, 0.25) is 0 Å². The van der Waals surface area contributed by atoms with Gasteiger partial charge < -0.3 is 14.4 Å². The number of hydrogen-bond donors (Lipinski definition) is 0. The van der Waals surface area contributed by atoms with Gasteiger partial charge in [-0.15, -0.1) is 0 Å². The summed E-state index contributed by atoms with van der Waals surface area (Å²) in [4.78, 5) is 17.0. The number of rotatable bonds is 7. The molecule has 0 saturated carbocycles. The molecule has 2 aliphatic heterocycles. The van der Waals surface area contributed by atoms with Gasteiger partial charge in [-0.05, 0) is 69.0 Å². The first-order chi connectivity index (χ1) is 15.2. The van der Waals surface area contributed by atoms with Crippen LogP contribution in [0, 0.1) is 5.92 Å². The van der Waals surface area contributed by atoms with E-state index in [9.17, 15) is 4.79 Å². The van der Waals surface area contributed by atoms with Crippen LogP contribution in [0.3, 0.4) is 0 Å². The van der Waals surface area contributed by atoms with Crippen molar-refractivity contribution in [3.05, 3.63) is 65.2 Å². The second-order valence-corrected chi connectivity index (χ2v) is 8.57. The first-order valence-corrected chi connectivity index (χ1v) is 11.6. The molecule has 2 aromatic carbocycles. The predicted molar refractivity (Wildman–Crippen MR) is 122 cm³/mol. The molecule has 2 saturated heterocycles. The normalized spacial score (nSPS) is 18.2. The van der Waals surface area contributed by atoms with E-state index in [1.54, 1.807) is 0 Å². The van der Waals surface area contributed by atoms with Gasteiger partial charge in [-0.1, -0.05) is 30.3 Å². The number of carbonyl (C=O) groups excluding carboxylic acids is 1. The molecule has 2 aliphatic rings. The van der Waals surface area contributed by atoms with Crippen molar-refractivity contribution in [2.75, 3.05) is 46.0 Å². The van der Waals surface area contributed by atoms with Crippen molar-refractivity contribution in [2.45, 2.75) is 32.7 Å². The molecule has 0 aromatic heterocycles. The van der Waals surface area contributed by atoms with Gasteiger partial charge in [0.2, 0.25) is 0 Å². The van der Waals surface area contributed by atoms with Crippen molar-refractivity contribution in [1.29, 1.82) is 0 Å². The molecular formula is C26H34N2O3. The third kappa shape index (κ3) is 5.86. The summed E-state index contributed by atoms with van der Waals surface area (Å²) < 4.78 is 11.1. The monoisotopic (exact) mass is 422 g/mol. The molecule has 5 heteroatoms. The summed E-state index contributed by atoms with van der Waals surface area (Å²) in [5.74, 6) is 1.84. The minimum Gasteiger partial charge on any atom is -0.494 e. The van der Waals surface area contributed by atoms with Crippen molar-refractivity contribution in [2.24, 2.45) is 5.92 Å².